The first-order chi connectivity index (χ1) is 16.1. The maximum atomic E-state index is 12.1. The van der Waals surface area contributed by atoms with E-state index in [4.69, 9.17) is 14.2 Å². The summed E-state index contributed by atoms with van der Waals surface area (Å²) in [6.07, 6.45) is 1.58. The van der Waals surface area contributed by atoms with Gasteiger partial charge in [-0.15, -0.1) is 0 Å². The van der Waals surface area contributed by atoms with Crippen molar-refractivity contribution in [1.29, 1.82) is 0 Å². The number of halogens is 1. The van der Waals surface area contributed by atoms with E-state index in [-0.39, 0.29) is 5.91 Å². The molecule has 1 saturated heterocycles. The molecular weight excluding hydrogens is 486 g/mol. The highest BCUT2D eigenvalue weighted by Gasteiger charge is 2.14. The van der Waals surface area contributed by atoms with Crippen molar-refractivity contribution in [1.82, 2.24) is 10.3 Å². The van der Waals surface area contributed by atoms with Gasteiger partial charge in [0.1, 0.15) is 6.61 Å². The molecule has 0 atom stereocenters. The van der Waals surface area contributed by atoms with E-state index in [1.807, 2.05) is 29.2 Å². The summed E-state index contributed by atoms with van der Waals surface area (Å²) in [6.45, 7) is 3.52. The van der Waals surface area contributed by atoms with Crippen LogP contribution >= 0.6 is 15.9 Å². The molecule has 1 amide bonds. The van der Waals surface area contributed by atoms with E-state index in [0.29, 0.717) is 37.9 Å². The zero-order chi connectivity index (χ0) is 23.0. The van der Waals surface area contributed by atoms with Crippen LogP contribution in [0.25, 0.3) is 10.8 Å². The molecule has 0 spiro atoms. The highest BCUT2D eigenvalue weighted by atomic mass is 79.9. The molecule has 1 heterocycles. The molecule has 8 heteroatoms. The van der Waals surface area contributed by atoms with Gasteiger partial charge in [0.05, 0.1) is 37.6 Å². The quantitative estimate of drug-likeness (QED) is 0.366. The number of hydrogen-bond acceptors (Lipinski definition) is 6. The van der Waals surface area contributed by atoms with Crippen LogP contribution in [0, 0.1) is 0 Å². The van der Waals surface area contributed by atoms with Crippen molar-refractivity contribution in [3.63, 3.8) is 0 Å². The molecule has 7 nitrogen and oxygen atoms in total. The molecule has 3 aromatic rings. The summed E-state index contributed by atoms with van der Waals surface area (Å²) in [5.41, 5.74) is 4.40. The number of fused-ring (bicyclic) bond motifs is 1. The summed E-state index contributed by atoms with van der Waals surface area (Å²) in [6, 6.07) is 18.2. The van der Waals surface area contributed by atoms with Gasteiger partial charge in [0.2, 0.25) is 0 Å². The number of amides is 1. The minimum Gasteiger partial charge on any atom is -0.493 e. The van der Waals surface area contributed by atoms with Crippen LogP contribution in [0.1, 0.15) is 11.1 Å². The van der Waals surface area contributed by atoms with Crippen molar-refractivity contribution in [3.05, 3.63) is 70.2 Å². The number of benzene rings is 3. The van der Waals surface area contributed by atoms with Gasteiger partial charge in [-0.1, -0.05) is 36.4 Å². The summed E-state index contributed by atoms with van der Waals surface area (Å²) < 4.78 is 17.6. The van der Waals surface area contributed by atoms with E-state index in [1.165, 1.54) is 10.8 Å². The number of rotatable bonds is 8. The van der Waals surface area contributed by atoms with E-state index in [9.17, 15) is 4.79 Å². The monoisotopic (exact) mass is 511 g/mol. The van der Waals surface area contributed by atoms with Crippen LogP contribution < -0.4 is 14.9 Å². The minimum absolute atomic E-state index is 0.158. The average molecular weight is 512 g/mol. The second kappa shape index (κ2) is 11.3. The van der Waals surface area contributed by atoms with Crippen molar-refractivity contribution in [2.75, 3.05) is 40.0 Å². The average Bonchev–Trinajstić information content (AvgIpc) is 2.83. The standard InChI is InChI=1S/C25H26BrN3O4/c1-31-23-14-19(15-27-28-24(30)16-29-8-10-32-11-9-29)13-22(26)25(23)33-17-18-6-7-20-4-2-3-5-21(20)12-18/h2-7,12-15H,8-11,16-17H2,1H3,(H,28,30)/b27-15+. The molecule has 1 aliphatic rings. The largest absolute Gasteiger partial charge is 0.493 e. The molecule has 0 aromatic heterocycles. The molecule has 3 aromatic carbocycles. The van der Waals surface area contributed by atoms with Gasteiger partial charge >= 0.3 is 0 Å². The fraction of sp³-hybridized carbons (Fsp3) is 0.280. The summed E-state index contributed by atoms with van der Waals surface area (Å²) in [7, 11) is 1.59. The Morgan fingerprint density at radius 3 is 2.73 bits per heavy atom. The van der Waals surface area contributed by atoms with Crippen LogP contribution in [-0.2, 0) is 16.1 Å². The second-order valence-corrected chi connectivity index (χ2v) is 8.54. The lowest BCUT2D eigenvalue weighted by atomic mass is 10.1. The van der Waals surface area contributed by atoms with Crippen molar-refractivity contribution in [3.8, 4) is 11.5 Å². The Bertz CT molecular complexity index is 1150. The number of nitrogens with one attached hydrogen (secondary N) is 1. The van der Waals surface area contributed by atoms with E-state index in [1.54, 1.807) is 13.3 Å². The number of nitrogens with zero attached hydrogens (tertiary/aromatic N) is 2. The lowest BCUT2D eigenvalue weighted by Gasteiger charge is -2.25. The number of hydrogen-bond donors (Lipinski definition) is 1. The van der Waals surface area contributed by atoms with Crippen molar-refractivity contribution in [2.45, 2.75) is 6.61 Å². The highest BCUT2D eigenvalue weighted by Crippen LogP contribution is 2.37. The number of morpholine rings is 1. The van der Waals surface area contributed by atoms with E-state index in [2.05, 4.69) is 56.8 Å². The number of ether oxygens (including phenoxy) is 3. The Balaban J connectivity index is 1.38. The minimum atomic E-state index is -0.158. The van der Waals surface area contributed by atoms with Gasteiger partial charge in [-0.3, -0.25) is 9.69 Å². The van der Waals surface area contributed by atoms with Crippen molar-refractivity contribution in [2.24, 2.45) is 5.10 Å². The predicted octanol–water partition coefficient (Wildman–Crippen LogP) is 3.97. The Hall–Kier alpha value is -2.94. The summed E-state index contributed by atoms with van der Waals surface area (Å²) in [4.78, 5) is 14.1. The molecular formula is C25H26BrN3O4. The molecule has 172 valence electrons. The molecule has 0 saturated carbocycles. The summed E-state index contributed by atoms with van der Waals surface area (Å²) >= 11 is 3.57. The van der Waals surface area contributed by atoms with Crippen LogP contribution in [-0.4, -0.2) is 57.0 Å². The summed E-state index contributed by atoms with van der Waals surface area (Å²) in [5, 5.41) is 6.44. The first kappa shape index (κ1) is 23.2. The predicted molar refractivity (Wildman–Crippen MR) is 132 cm³/mol. The van der Waals surface area contributed by atoms with Crippen molar-refractivity contribution >= 4 is 38.8 Å². The first-order valence-corrected chi connectivity index (χ1v) is 11.5. The molecule has 1 aliphatic heterocycles. The Morgan fingerprint density at radius 2 is 1.94 bits per heavy atom. The normalized spacial score (nSPS) is 14.5. The Labute approximate surface area is 201 Å². The maximum Gasteiger partial charge on any atom is 0.254 e. The third kappa shape index (κ3) is 6.31. The summed E-state index contributed by atoms with van der Waals surface area (Å²) in [5.74, 6) is 1.03. The van der Waals surface area contributed by atoms with Crippen LogP contribution in [0.3, 0.4) is 0 Å². The lowest BCUT2D eigenvalue weighted by Crippen LogP contribution is -2.42. The highest BCUT2D eigenvalue weighted by molar-refractivity contribution is 9.10. The zero-order valence-corrected chi connectivity index (χ0v) is 20.0. The molecule has 1 N–H and O–H groups in total. The van der Waals surface area contributed by atoms with Gasteiger partial charge in [0, 0.05) is 13.1 Å². The van der Waals surface area contributed by atoms with Gasteiger partial charge in [0.25, 0.3) is 5.91 Å². The third-order valence-electron chi connectivity index (χ3n) is 5.32. The molecule has 0 aliphatic carbocycles. The topological polar surface area (TPSA) is 72.4 Å². The molecule has 4 rings (SSSR count). The maximum absolute atomic E-state index is 12.1. The molecule has 0 radical (unpaired) electrons. The molecule has 0 unspecified atom stereocenters. The zero-order valence-electron chi connectivity index (χ0n) is 18.4. The van der Waals surface area contributed by atoms with Crippen LogP contribution in [0.5, 0.6) is 11.5 Å². The van der Waals surface area contributed by atoms with E-state index in [0.717, 1.165) is 28.7 Å². The second-order valence-electron chi connectivity index (χ2n) is 7.69. The first-order valence-electron chi connectivity index (χ1n) is 10.7. The van der Waals surface area contributed by atoms with Gasteiger partial charge < -0.3 is 14.2 Å². The SMILES string of the molecule is COc1cc(/C=N/NC(=O)CN2CCOCC2)cc(Br)c1OCc1ccc2ccccc2c1. The van der Waals surface area contributed by atoms with Gasteiger partial charge in [-0.2, -0.15) is 5.10 Å². The van der Waals surface area contributed by atoms with E-state index >= 15 is 0 Å². The Morgan fingerprint density at radius 1 is 1.15 bits per heavy atom. The number of methoxy groups -OCH3 is 1. The fourth-order valence-electron chi connectivity index (χ4n) is 3.61. The smallest absolute Gasteiger partial charge is 0.254 e. The molecule has 0 bridgehead atoms. The third-order valence-corrected chi connectivity index (χ3v) is 5.91. The Kier molecular flexibility index (Phi) is 7.93. The van der Waals surface area contributed by atoms with E-state index < -0.39 is 0 Å². The molecule has 33 heavy (non-hydrogen) atoms. The van der Waals surface area contributed by atoms with Crippen LogP contribution in [0.15, 0.2) is 64.2 Å². The number of carbonyl (C=O) groups is 1. The van der Waals surface area contributed by atoms with Crippen molar-refractivity contribution < 1.29 is 19.0 Å². The van der Waals surface area contributed by atoms with Gasteiger partial charge in [-0.05, 0) is 56.0 Å². The lowest BCUT2D eigenvalue weighted by molar-refractivity contribution is -0.123. The van der Waals surface area contributed by atoms with Crippen LogP contribution in [0.4, 0.5) is 0 Å². The fourth-order valence-corrected chi connectivity index (χ4v) is 4.19. The van der Waals surface area contributed by atoms with Crippen LogP contribution in [0.2, 0.25) is 0 Å². The number of carbonyl (C=O) groups excluding carboxylic acids is 1. The number of hydrazone groups is 1. The van der Waals surface area contributed by atoms with Gasteiger partial charge in [-0.25, -0.2) is 5.43 Å². The molecule has 1 fully saturated rings. The van der Waals surface area contributed by atoms with Gasteiger partial charge in [0.15, 0.2) is 11.5 Å².